The summed E-state index contributed by atoms with van der Waals surface area (Å²) < 4.78 is 19.6. The Morgan fingerprint density at radius 2 is 2.10 bits per heavy atom. The van der Waals surface area contributed by atoms with E-state index in [-0.39, 0.29) is 11.7 Å². The molecular formula is C15H12BrClFNO2. The highest BCUT2D eigenvalue weighted by molar-refractivity contribution is 9.10. The molecule has 1 unspecified atom stereocenters. The van der Waals surface area contributed by atoms with Gasteiger partial charge in [-0.1, -0.05) is 33.6 Å². The number of carbonyl (C=O) groups excluding carboxylic acids is 1. The molecule has 0 saturated carbocycles. The Hall–Kier alpha value is -1.59. The zero-order valence-corrected chi connectivity index (χ0v) is 13.4. The molecule has 2 aromatic carbocycles. The number of anilines is 1. The lowest BCUT2D eigenvalue weighted by molar-refractivity contribution is -0.122. The first-order valence-electron chi connectivity index (χ1n) is 6.14. The maximum atomic E-state index is 13.6. The number of nitrogens with one attached hydrogen (secondary N) is 1. The molecular weight excluding hydrogens is 361 g/mol. The molecule has 0 aromatic heterocycles. The zero-order valence-electron chi connectivity index (χ0n) is 11.1. The SMILES string of the molecule is CC(Oc1ccc(Br)cc1F)C(=O)Nc1cccc(Cl)c1. The summed E-state index contributed by atoms with van der Waals surface area (Å²) in [5.41, 5.74) is 0.555. The predicted molar refractivity (Wildman–Crippen MR) is 84.3 cm³/mol. The summed E-state index contributed by atoms with van der Waals surface area (Å²) in [5.74, 6) is -0.904. The van der Waals surface area contributed by atoms with E-state index >= 15 is 0 Å². The molecule has 0 radical (unpaired) electrons. The van der Waals surface area contributed by atoms with Crippen LogP contribution in [0.1, 0.15) is 6.92 Å². The highest BCUT2D eigenvalue weighted by atomic mass is 79.9. The molecule has 21 heavy (non-hydrogen) atoms. The van der Waals surface area contributed by atoms with Crippen LogP contribution in [0.3, 0.4) is 0 Å². The molecule has 0 aliphatic heterocycles. The van der Waals surface area contributed by atoms with Gasteiger partial charge in [-0.25, -0.2) is 4.39 Å². The normalized spacial score (nSPS) is 11.8. The van der Waals surface area contributed by atoms with Gasteiger partial charge in [-0.15, -0.1) is 0 Å². The van der Waals surface area contributed by atoms with Crippen LogP contribution in [0.4, 0.5) is 10.1 Å². The Morgan fingerprint density at radius 3 is 2.76 bits per heavy atom. The summed E-state index contributed by atoms with van der Waals surface area (Å²) >= 11 is 8.99. The molecule has 0 bridgehead atoms. The molecule has 2 aromatic rings. The number of carbonyl (C=O) groups is 1. The molecule has 0 heterocycles. The minimum Gasteiger partial charge on any atom is -0.478 e. The summed E-state index contributed by atoms with van der Waals surface area (Å²) in [6.45, 7) is 1.54. The topological polar surface area (TPSA) is 38.3 Å². The second kappa shape index (κ2) is 6.91. The molecule has 1 N–H and O–H groups in total. The van der Waals surface area contributed by atoms with Gasteiger partial charge in [0, 0.05) is 15.2 Å². The molecule has 1 atom stereocenters. The van der Waals surface area contributed by atoms with E-state index < -0.39 is 11.9 Å². The minimum atomic E-state index is -0.848. The summed E-state index contributed by atoms with van der Waals surface area (Å²) in [5, 5.41) is 3.17. The van der Waals surface area contributed by atoms with Crippen LogP contribution < -0.4 is 10.1 Å². The van der Waals surface area contributed by atoms with Crippen molar-refractivity contribution >= 4 is 39.1 Å². The molecule has 0 aliphatic rings. The standard InChI is InChI=1S/C15H12BrClFNO2/c1-9(21-14-6-5-10(16)7-13(14)18)15(20)19-12-4-2-3-11(17)8-12/h2-9H,1H3,(H,19,20). The van der Waals surface area contributed by atoms with E-state index in [1.165, 1.54) is 12.1 Å². The van der Waals surface area contributed by atoms with Crippen LogP contribution in [0, 0.1) is 5.82 Å². The molecule has 0 saturated heterocycles. The van der Waals surface area contributed by atoms with Crippen molar-refractivity contribution in [3.63, 3.8) is 0 Å². The van der Waals surface area contributed by atoms with Gasteiger partial charge in [-0.3, -0.25) is 4.79 Å². The molecule has 3 nitrogen and oxygen atoms in total. The second-order valence-corrected chi connectivity index (χ2v) is 5.69. The zero-order chi connectivity index (χ0) is 15.4. The van der Waals surface area contributed by atoms with Crippen LogP contribution in [0.15, 0.2) is 46.9 Å². The Bertz CT molecular complexity index is 666. The average Bonchev–Trinajstić information content (AvgIpc) is 2.41. The first kappa shape index (κ1) is 15.8. The number of benzene rings is 2. The van der Waals surface area contributed by atoms with Crippen LogP contribution in [-0.2, 0) is 4.79 Å². The van der Waals surface area contributed by atoms with Crippen LogP contribution in [0.2, 0.25) is 5.02 Å². The number of hydrogen-bond donors (Lipinski definition) is 1. The number of halogens is 3. The average molecular weight is 373 g/mol. The predicted octanol–water partition coefficient (Wildman–Crippen LogP) is 4.65. The third kappa shape index (κ3) is 4.44. The van der Waals surface area contributed by atoms with Gasteiger partial charge in [0.25, 0.3) is 5.91 Å². The number of hydrogen-bond acceptors (Lipinski definition) is 2. The lowest BCUT2D eigenvalue weighted by atomic mass is 10.3. The van der Waals surface area contributed by atoms with Crippen LogP contribution in [-0.4, -0.2) is 12.0 Å². The Balaban J connectivity index is 2.02. The van der Waals surface area contributed by atoms with Gasteiger partial charge in [0.2, 0.25) is 0 Å². The largest absolute Gasteiger partial charge is 0.478 e. The second-order valence-electron chi connectivity index (χ2n) is 4.33. The van der Waals surface area contributed by atoms with Crippen molar-refractivity contribution in [1.29, 1.82) is 0 Å². The van der Waals surface area contributed by atoms with Gasteiger partial charge in [-0.05, 0) is 43.3 Å². The van der Waals surface area contributed by atoms with Gasteiger partial charge < -0.3 is 10.1 Å². The lowest BCUT2D eigenvalue weighted by Crippen LogP contribution is -2.30. The van der Waals surface area contributed by atoms with Crippen molar-refractivity contribution in [2.24, 2.45) is 0 Å². The van der Waals surface area contributed by atoms with E-state index in [2.05, 4.69) is 21.2 Å². The van der Waals surface area contributed by atoms with E-state index in [4.69, 9.17) is 16.3 Å². The number of amides is 1. The van der Waals surface area contributed by atoms with E-state index in [0.29, 0.717) is 15.2 Å². The van der Waals surface area contributed by atoms with E-state index in [9.17, 15) is 9.18 Å². The fourth-order valence-electron chi connectivity index (χ4n) is 1.62. The number of ether oxygens (including phenoxy) is 1. The smallest absolute Gasteiger partial charge is 0.265 e. The fraction of sp³-hybridized carbons (Fsp3) is 0.133. The monoisotopic (exact) mass is 371 g/mol. The maximum absolute atomic E-state index is 13.6. The highest BCUT2D eigenvalue weighted by Crippen LogP contribution is 2.23. The van der Waals surface area contributed by atoms with Gasteiger partial charge in [0.15, 0.2) is 17.7 Å². The van der Waals surface area contributed by atoms with Gasteiger partial charge in [-0.2, -0.15) is 0 Å². The van der Waals surface area contributed by atoms with Crippen LogP contribution in [0.5, 0.6) is 5.75 Å². The quantitative estimate of drug-likeness (QED) is 0.848. The van der Waals surface area contributed by atoms with Crippen molar-refractivity contribution in [3.8, 4) is 5.75 Å². The Morgan fingerprint density at radius 1 is 1.33 bits per heavy atom. The summed E-state index contributed by atoms with van der Waals surface area (Å²) in [6, 6.07) is 11.1. The molecule has 2 rings (SSSR count). The van der Waals surface area contributed by atoms with E-state index in [1.807, 2.05) is 0 Å². The first-order chi connectivity index (χ1) is 9.95. The Labute approximate surface area is 135 Å². The molecule has 0 aliphatic carbocycles. The number of rotatable bonds is 4. The minimum absolute atomic E-state index is 0.0203. The third-order valence-electron chi connectivity index (χ3n) is 2.66. The third-order valence-corrected chi connectivity index (χ3v) is 3.39. The van der Waals surface area contributed by atoms with E-state index in [0.717, 1.165) is 0 Å². The van der Waals surface area contributed by atoms with Gasteiger partial charge in [0.05, 0.1) is 0 Å². The van der Waals surface area contributed by atoms with Gasteiger partial charge in [0.1, 0.15) is 0 Å². The maximum Gasteiger partial charge on any atom is 0.265 e. The molecule has 1 amide bonds. The van der Waals surface area contributed by atoms with Crippen molar-refractivity contribution in [2.45, 2.75) is 13.0 Å². The van der Waals surface area contributed by atoms with Crippen molar-refractivity contribution in [2.75, 3.05) is 5.32 Å². The fourth-order valence-corrected chi connectivity index (χ4v) is 2.15. The molecule has 6 heteroatoms. The molecule has 110 valence electrons. The summed E-state index contributed by atoms with van der Waals surface area (Å²) in [6.07, 6.45) is -0.848. The van der Waals surface area contributed by atoms with Crippen molar-refractivity contribution < 1.29 is 13.9 Å². The lowest BCUT2D eigenvalue weighted by Gasteiger charge is -2.15. The highest BCUT2D eigenvalue weighted by Gasteiger charge is 2.17. The van der Waals surface area contributed by atoms with Crippen molar-refractivity contribution in [3.05, 3.63) is 57.8 Å². The first-order valence-corrected chi connectivity index (χ1v) is 7.31. The summed E-state index contributed by atoms with van der Waals surface area (Å²) in [7, 11) is 0. The molecule has 0 spiro atoms. The summed E-state index contributed by atoms with van der Waals surface area (Å²) in [4.78, 5) is 12.0. The Kier molecular flexibility index (Phi) is 5.20. The molecule has 0 fully saturated rings. The van der Waals surface area contributed by atoms with Crippen LogP contribution >= 0.6 is 27.5 Å². The van der Waals surface area contributed by atoms with Crippen molar-refractivity contribution in [1.82, 2.24) is 0 Å². The van der Waals surface area contributed by atoms with E-state index in [1.54, 1.807) is 37.3 Å². The van der Waals surface area contributed by atoms with Crippen LogP contribution in [0.25, 0.3) is 0 Å². The van der Waals surface area contributed by atoms with Gasteiger partial charge >= 0.3 is 0 Å².